The van der Waals surface area contributed by atoms with Crippen molar-refractivity contribution in [3.63, 3.8) is 0 Å². The number of hydrogen-bond donors (Lipinski definition) is 2. The van der Waals surface area contributed by atoms with Crippen LogP contribution in [-0.2, 0) is 11.2 Å². The first kappa shape index (κ1) is 21.2. The average Bonchev–Trinajstić information content (AvgIpc) is 2.77. The fourth-order valence-electron chi connectivity index (χ4n) is 3.05. The standard InChI is InChI=1S/C25H28N2O3/c1-2-29-24-16-7-6-15-23(24)26-19-25(28)27-21-13-8-14-22(18-21)30-17-9-12-20-10-4-3-5-11-20/h3-8,10-11,13-16,18,26H,2,9,12,17,19H2,1H3,(H,27,28). The van der Waals surface area contributed by atoms with Crippen LogP contribution in [0.15, 0.2) is 78.9 Å². The lowest BCUT2D eigenvalue weighted by atomic mass is 10.1. The Hall–Kier alpha value is -3.47. The second kappa shape index (κ2) is 11.5. The molecular formula is C25H28N2O3. The third-order valence-corrected chi connectivity index (χ3v) is 4.47. The highest BCUT2D eigenvalue weighted by atomic mass is 16.5. The summed E-state index contributed by atoms with van der Waals surface area (Å²) in [5.41, 5.74) is 2.81. The molecule has 0 aromatic heterocycles. The van der Waals surface area contributed by atoms with Crippen molar-refractivity contribution in [1.82, 2.24) is 0 Å². The Bertz CT molecular complexity index is 928. The Morgan fingerprint density at radius 2 is 1.70 bits per heavy atom. The number of anilines is 2. The van der Waals surface area contributed by atoms with E-state index in [-0.39, 0.29) is 12.5 Å². The van der Waals surface area contributed by atoms with Gasteiger partial charge in [-0.05, 0) is 49.6 Å². The highest BCUT2D eigenvalue weighted by Crippen LogP contribution is 2.23. The van der Waals surface area contributed by atoms with Gasteiger partial charge in [0.1, 0.15) is 11.5 Å². The molecule has 1 amide bonds. The Kier molecular flexibility index (Phi) is 8.15. The second-order valence-corrected chi connectivity index (χ2v) is 6.80. The Balaban J connectivity index is 1.44. The molecule has 2 N–H and O–H groups in total. The molecular weight excluding hydrogens is 376 g/mol. The molecule has 3 rings (SSSR count). The third kappa shape index (κ3) is 6.85. The quantitative estimate of drug-likeness (QED) is 0.434. The molecule has 0 radical (unpaired) electrons. The van der Waals surface area contributed by atoms with Crippen LogP contribution in [0.4, 0.5) is 11.4 Å². The molecule has 3 aromatic carbocycles. The number of ether oxygens (including phenoxy) is 2. The predicted octanol–water partition coefficient (Wildman–Crippen LogP) is 5.15. The van der Waals surface area contributed by atoms with E-state index in [9.17, 15) is 4.79 Å². The van der Waals surface area contributed by atoms with Crippen LogP contribution in [0.3, 0.4) is 0 Å². The minimum Gasteiger partial charge on any atom is -0.494 e. The van der Waals surface area contributed by atoms with E-state index in [4.69, 9.17) is 9.47 Å². The molecule has 0 saturated carbocycles. The number of para-hydroxylation sites is 2. The van der Waals surface area contributed by atoms with Crippen LogP contribution in [0.2, 0.25) is 0 Å². The third-order valence-electron chi connectivity index (χ3n) is 4.47. The van der Waals surface area contributed by atoms with E-state index in [0.29, 0.717) is 18.9 Å². The molecule has 0 unspecified atom stereocenters. The minimum atomic E-state index is -0.137. The van der Waals surface area contributed by atoms with E-state index in [1.807, 2.05) is 73.7 Å². The van der Waals surface area contributed by atoms with Gasteiger partial charge in [-0.25, -0.2) is 0 Å². The van der Waals surface area contributed by atoms with Crippen LogP contribution in [0, 0.1) is 0 Å². The zero-order valence-electron chi connectivity index (χ0n) is 17.3. The molecule has 30 heavy (non-hydrogen) atoms. The van der Waals surface area contributed by atoms with Gasteiger partial charge in [0.05, 0.1) is 25.4 Å². The van der Waals surface area contributed by atoms with Crippen molar-refractivity contribution >= 4 is 17.3 Å². The largest absolute Gasteiger partial charge is 0.494 e. The highest BCUT2D eigenvalue weighted by Gasteiger charge is 2.06. The summed E-state index contributed by atoms with van der Waals surface area (Å²) in [5.74, 6) is 1.34. The van der Waals surface area contributed by atoms with Crippen molar-refractivity contribution in [2.75, 3.05) is 30.4 Å². The van der Waals surface area contributed by atoms with Crippen LogP contribution in [0.5, 0.6) is 11.5 Å². The Labute approximate surface area is 178 Å². The normalized spacial score (nSPS) is 10.3. The van der Waals surface area contributed by atoms with Crippen LogP contribution in [0.1, 0.15) is 18.9 Å². The molecule has 0 aliphatic rings. The highest BCUT2D eigenvalue weighted by molar-refractivity contribution is 5.94. The molecule has 3 aromatic rings. The topological polar surface area (TPSA) is 59.6 Å². The molecule has 0 bridgehead atoms. The number of nitrogens with one attached hydrogen (secondary N) is 2. The van der Waals surface area contributed by atoms with Crippen molar-refractivity contribution in [3.05, 3.63) is 84.4 Å². The first-order valence-electron chi connectivity index (χ1n) is 10.3. The van der Waals surface area contributed by atoms with Gasteiger partial charge in [-0.3, -0.25) is 4.79 Å². The monoisotopic (exact) mass is 404 g/mol. The van der Waals surface area contributed by atoms with Gasteiger partial charge in [-0.2, -0.15) is 0 Å². The number of amides is 1. The number of rotatable bonds is 11. The average molecular weight is 405 g/mol. The van der Waals surface area contributed by atoms with Crippen LogP contribution >= 0.6 is 0 Å². The van der Waals surface area contributed by atoms with Crippen molar-refractivity contribution in [2.24, 2.45) is 0 Å². The fourth-order valence-corrected chi connectivity index (χ4v) is 3.05. The number of aryl methyl sites for hydroxylation is 1. The van der Waals surface area contributed by atoms with Gasteiger partial charge in [-0.1, -0.05) is 48.5 Å². The SMILES string of the molecule is CCOc1ccccc1NCC(=O)Nc1cccc(OCCCc2ccccc2)c1. The Morgan fingerprint density at radius 1 is 0.900 bits per heavy atom. The summed E-state index contributed by atoms with van der Waals surface area (Å²) in [6.07, 6.45) is 1.91. The van der Waals surface area contributed by atoms with Gasteiger partial charge in [0.25, 0.3) is 0 Å². The van der Waals surface area contributed by atoms with E-state index >= 15 is 0 Å². The van der Waals surface area contributed by atoms with Gasteiger partial charge in [0.15, 0.2) is 0 Å². The van der Waals surface area contributed by atoms with Gasteiger partial charge >= 0.3 is 0 Å². The maximum Gasteiger partial charge on any atom is 0.243 e. The van der Waals surface area contributed by atoms with Gasteiger partial charge in [0, 0.05) is 11.8 Å². The fraction of sp³-hybridized carbons (Fsp3) is 0.240. The number of carbonyl (C=O) groups is 1. The van der Waals surface area contributed by atoms with Gasteiger partial charge in [0.2, 0.25) is 5.91 Å². The summed E-state index contributed by atoms with van der Waals surface area (Å²) >= 11 is 0. The van der Waals surface area contributed by atoms with Crippen molar-refractivity contribution < 1.29 is 14.3 Å². The number of benzene rings is 3. The second-order valence-electron chi connectivity index (χ2n) is 6.80. The number of carbonyl (C=O) groups excluding carboxylic acids is 1. The molecule has 0 aliphatic heterocycles. The lowest BCUT2D eigenvalue weighted by Gasteiger charge is -2.13. The summed E-state index contributed by atoms with van der Waals surface area (Å²) in [4.78, 5) is 12.3. The molecule has 0 aliphatic carbocycles. The van der Waals surface area contributed by atoms with Crippen LogP contribution in [-0.4, -0.2) is 25.7 Å². The summed E-state index contributed by atoms with van der Waals surface area (Å²) in [6, 6.07) is 25.4. The lowest BCUT2D eigenvalue weighted by molar-refractivity contribution is -0.114. The molecule has 0 atom stereocenters. The first-order valence-corrected chi connectivity index (χ1v) is 10.3. The lowest BCUT2D eigenvalue weighted by Crippen LogP contribution is -2.22. The van der Waals surface area contributed by atoms with Gasteiger partial charge < -0.3 is 20.1 Å². The van der Waals surface area contributed by atoms with E-state index in [2.05, 4.69) is 22.8 Å². The Morgan fingerprint density at radius 3 is 2.53 bits per heavy atom. The van der Waals surface area contributed by atoms with Crippen molar-refractivity contribution in [1.29, 1.82) is 0 Å². The molecule has 5 nitrogen and oxygen atoms in total. The zero-order valence-corrected chi connectivity index (χ0v) is 17.3. The maximum absolute atomic E-state index is 12.3. The first-order chi connectivity index (χ1) is 14.7. The minimum absolute atomic E-state index is 0.137. The molecule has 0 heterocycles. The van der Waals surface area contributed by atoms with Gasteiger partial charge in [-0.15, -0.1) is 0 Å². The summed E-state index contributed by atoms with van der Waals surface area (Å²) in [5, 5.41) is 6.02. The molecule has 0 fully saturated rings. The zero-order chi connectivity index (χ0) is 21.0. The van der Waals surface area contributed by atoms with Crippen LogP contribution in [0.25, 0.3) is 0 Å². The molecule has 0 saturated heterocycles. The van der Waals surface area contributed by atoms with Crippen molar-refractivity contribution in [2.45, 2.75) is 19.8 Å². The molecule has 0 spiro atoms. The van der Waals surface area contributed by atoms with E-state index in [1.54, 1.807) is 0 Å². The van der Waals surface area contributed by atoms with E-state index in [1.165, 1.54) is 5.56 Å². The summed E-state index contributed by atoms with van der Waals surface area (Å²) < 4.78 is 11.4. The van der Waals surface area contributed by atoms with E-state index in [0.717, 1.165) is 30.0 Å². The maximum atomic E-state index is 12.3. The summed E-state index contributed by atoms with van der Waals surface area (Å²) in [6.45, 7) is 3.28. The van der Waals surface area contributed by atoms with Crippen molar-refractivity contribution in [3.8, 4) is 11.5 Å². The number of hydrogen-bond acceptors (Lipinski definition) is 4. The summed E-state index contributed by atoms with van der Waals surface area (Å²) in [7, 11) is 0. The predicted molar refractivity (Wildman–Crippen MR) is 121 cm³/mol. The smallest absolute Gasteiger partial charge is 0.243 e. The van der Waals surface area contributed by atoms with Crippen LogP contribution < -0.4 is 20.1 Å². The molecule has 5 heteroatoms. The van der Waals surface area contributed by atoms with E-state index < -0.39 is 0 Å². The molecule has 156 valence electrons.